The molecule has 2 fully saturated rings. The molecule has 0 spiro atoms. The summed E-state index contributed by atoms with van der Waals surface area (Å²) in [5.74, 6) is 0.608. The summed E-state index contributed by atoms with van der Waals surface area (Å²) in [5.41, 5.74) is 1.31. The van der Waals surface area contributed by atoms with E-state index < -0.39 is 0 Å². The van der Waals surface area contributed by atoms with Crippen LogP contribution >= 0.6 is 0 Å². The summed E-state index contributed by atoms with van der Waals surface area (Å²) >= 11 is 0. The van der Waals surface area contributed by atoms with Crippen LogP contribution in [-0.4, -0.2) is 60.9 Å². The van der Waals surface area contributed by atoms with E-state index in [9.17, 15) is 9.59 Å². The van der Waals surface area contributed by atoms with Crippen LogP contribution in [0.15, 0.2) is 30.3 Å². The summed E-state index contributed by atoms with van der Waals surface area (Å²) in [7, 11) is 0. The number of benzene rings is 1. The van der Waals surface area contributed by atoms with Crippen LogP contribution in [0.25, 0.3) is 0 Å². The molecule has 0 aromatic heterocycles. The lowest BCUT2D eigenvalue weighted by molar-refractivity contribution is -0.138. The molecular formula is C22H33N3O2. The second kappa shape index (κ2) is 10.5. The van der Waals surface area contributed by atoms with Gasteiger partial charge in [0.2, 0.25) is 11.8 Å². The molecule has 5 heteroatoms. The van der Waals surface area contributed by atoms with Gasteiger partial charge in [-0.25, -0.2) is 0 Å². The van der Waals surface area contributed by atoms with E-state index >= 15 is 0 Å². The first kappa shape index (κ1) is 19.9. The van der Waals surface area contributed by atoms with Crippen LogP contribution in [-0.2, 0) is 16.0 Å². The molecule has 1 aromatic rings. The molecule has 0 unspecified atom stereocenters. The third kappa shape index (κ3) is 6.35. The Balaban J connectivity index is 1.29. The van der Waals surface area contributed by atoms with E-state index in [-0.39, 0.29) is 11.8 Å². The number of hydrogen-bond acceptors (Lipinski definition) is 3. The fourth-order valence-electron chi connectivity index (χ4n) is 4.13. The molecule has 148 valence electrons. The highest BCUT2D eigenvalue weighted by Gasteiger charge is 2.29. The Hall–Kier alpha value is -1.88. The van der Waals surface area contributed by atoms with Crippen molar-refractivity contribution in [2.45, 2.75) is 44.9 Å². The molecule has 0 bridgehead atoms. The van der Waals surface area contributed by atoms with Crippen molar-refractivity contribution in [1.29, 1.82) is 0 Å². The van der Waals surface area contributed by atoms with Crippen molar-refractivity contribution in [1.82, 2.24) is 15.1 Å². The molecule has 2 saturated heterocycles. The van der Waals surface area contributed by atoms with Gasteiger partial charge in [-0.15, -0.1) is 0 Å². The third-order valence-electron chi connectivity index (χ3n) is 5.78. The standard InChI is InChI=1S/C22H33N3O2/c26-21(23-13-7-10-19-8-3-1-4-9-19)18-24-16-11-20(12-17-24)22(27)25-14-5-2-6-15-25/h1,3-4,8-9,20H,2,5-7,10-18H2,(H,23,26). The average molecular weight is 372 g/mol. The first-order chi connectivity index (χ1) is 13.2. The lowest BCUT2D eigenvalue weighted by Gasteiger charge is -2.35. The van der Waals surface area contributed by atoms with Crippen molar-refractivity contribution in [2.75, 3.05) is 39.3 Å². The van der Waals surface area contributed by atoms with Crippen LogP contribution in [0.3, 0.4) is 0 Å². The molecule has 0 radical (unpaired) electrons. The molecule has 2 aliphatic heterocycles. The summed E-state index contributed by atoms with van der Waals surface area (Å²) in [4.78, 5) is 29.0. The number of nitrogens with one attached hydrogen (secondary N) is 1. The lowest BCUT2D eigenvalue weighted by Crippen LogP contribution is -2.46. The molecule has 27 heavy (non-hydrogen) atoms. The summed E-state index contributed by atoms with van der Waals surface area (Å²) < 4.78 is 0. The van der Waals surface area contributed by atoms with Crippen LogP contribution in [0.4, 0.5) is 0 Å². The maximum atomic E-state index is 12.6. The average Bonchev–Trinajstić information content (AvgIpc) is 2.73. The Morgan fingerprint density at radius 1 is 0.963 bits per heavy atom. The Morgan fingerprint density at radius 2 is 1.67 bits per heavy atom. The van der Waals surface area contributed by atoms with Crippen LogP contribution in [0.1, 0.15) is 44.1 Å². The molecule has 1 N–H and O–H groups in total. The number of carbonyl (C=O) groups excluding carboxylic acids is 2. The number of aryl methyl sites for hydroxylation is 1. The fraction of sp³-hybridized carbons (Fsp3) is 0.636. The van der Waals surface area contributed by atoms with E-state index in [1.54, 1.807) is 0 Å². The quantitative estimate of drug-likeness (QED) is 0.749. The zero-order valence-electron chi connectivity index (χ0n) is 16.4. The minimum atomic E-state index is 0.101. The maximum Gasteiger partial charge on any atom is 0.234 e. The first-order valence-electron chi connectivity index (χ1n) is 10.5. The lowest BCUT2D eigenvalue weighted by atomic mass is 9.94. The minimum absolute atomic E-state index is 0.101. The first-order valence-corrected chi connectivity index (χ1v) is 10.5. The number of carbonyl (C=O) groups is 2. The fourth-order valence-corrected chi connectivity index (χ4v) is 4.13. The van der Waals surface area contributed by atoms with Crippen molar-refractivity contribution in [3.05, 3.63) is 35.9 Å². The second-order valence-corrected chi connectivity index (χ2v) is 7.88. The van der Waals surface area contributed by atoms with Gasteiger partial charge in [-0.3, -0.25) is 14.5 Å². The normalized spacial score (nSPS) is 19.0. The van der Waals surface area contributed by atoms with Crippen LogP contribution in [0, 0.1) is 5.92 Å². The van der Waals surface area contributed by atoms with Gasteiger partial charge < -0.3 is 10.2 Å². The Kier molecular flexibility index (Phi) is 7.69. The van der Waals surface area contributed by atoms with E-state index in [4.69, 9.17) is 0 Å². The Bertz CT molecular complexity index is 591. The highest BCUT2D eigenvalue weighted by Crippen LogP contribution is 2.21. The van der Waals surface area contributed by atoms with Gasteiger partial charge in [-0.1, -0.05) is 30.3 Å². The number of rotatable bonds is 7. The number of hydrogen-bond donors (Lipinski definition) is 1. The molecule has 2 heterocycles. The van der Waals surface area contributed by atoms with Crippen molar-refractivity contribution in [3.8, 4) is 0 Å². The predicted octanol–water partition coefficient (Wildman–Crippen LogP) is 2.46. The molecule has 0 saturated carbocycles. The monoisotopic (exact) mass is 371 g/mol. The summed E-state index contributed by atoms with van der Waals surface area (Å²) in [6.45, 7) is 4.74. The molecule has 2 amide bonds. The molecule has 3 rings (SSSR count). The van der Waals surface area contributed by atoms with Gasteiger partial charge in [-0.05, 0) is 63.6 Å². The second-order valence-electron chi connectivity index (χ2n) is 7.88. The Morgan fingerprint density at radius 3 is 2.37 bits per heavy atom. The number of nitrogens with zero attached hydrogens (tertiary/aromatic N) is 2. The number of amides is 2. The van der Waals surface area contributed by atoms with E-state index in [0.717, 1.165) is 71.2 Å². The zero-order valence-corrected chi connectivity index (χ0v) is 16.4. The highest BCUT2D eigenvalue weighted by molar-refractivity contribution is 5.79. The Labute approximate surface area is 163 Å². The molecule has 2 aliphatic rings. The minimum Gasteiger partial charge on any atom is -0.355 e. The van der Waals surface area contributed by atoms with Gasteiger partial charge in [0.15, 0.2) is 0 Å². The van der Waals surface area contributed by atoms with Gasteiger partial charge in [0.25, 0.3) is 0 Å². The number of likely N-dealkylation sites (tertiary alicyclic amines) is 2. The molecule has 1 aromatic carbocycles. The topological polar surface area (TPSA) is 52.7 Å². The van der Waals surface area contributed by atoms with E-state index in [1.165, 1.54) is 12.0 Å². The van der Waals surface area contributed by atoms with E-state index in [1.807, 2.05) is 18.2 Å². The molecule has 5 nitrogen and oxygen atoms in total. The van der Waals surface area contributed by atoms with Crippen molar-refractivity contribution >= 4 is 11.8 Å². The number of piperidine rings is 2. The summed E-state index contributed by atoms with van der Waals surface area (Å²) in [5, 5.41) is 3.03. The third-order valence-corrected chi connectivity index (χ3v) is 5.78. The van der Waals surface area contributed by atoms with E-state index in [2.05, 4.69) is 27.2 Å². The van der Waals surface area contributed by atoms with Crippen molar-refractivity contribution < 1.29 is 9.59 Å². The van der Waals surface area contributed by atoms with Gasteiger partial charge >= 0.3 is 0 Å². The highest BCUT2D eigenvalue weighted by atomic mass is 16.2. The van der Waals surface area contributed by atoms with E-state index in [0.29, 0.717) is 12.5 Å². The predicted molar refractivity (Wildman–Crippen MR) is 107 cm³/mol. The van der Waals surface area contributed by atoms with Gasteiger partial charge in [0.05, 0.1) is 6.54 Å². The molecule has 0 atom stereocenters. The SMILES string of the molecule is O=C(CN1CCC(C(=O)N2CCCCC2)CC1)NCCCc1ccccc1. The molecular weight excluding hydrogens is 338 g/mol. The summed E-state index contributed by atoms with van der Waals surface area (Å²) in [6.07, 6.45) is 7.27. The van der Waals surface area contributed by atoms with Gasteiger partial charge in [0.1, 0.15) is 0 Å². The largest absolute Gasteiger partial charge is 0.355 e. The zero-order chi connectivity index (χ0) is 18.9. The van der Waals surface area contributed by atoms with Crippen LogP contribution in [0.2, 0.25) is 0 Å². The molecule has 0 aliphatic carbocycles. The summed E-state index contributed by atoms with van der Waals surface area (Å²) in [6, 6.07) is 10.4. The van der Waals surface area contributed by atoms with Crippen LogP contribution in [0.5, 0.6) is 0 Å². The van der Waals surface area contributed by atoms with Crippen molar-refractivity contribution in [2.24, 2.45) is 5.92 Å². The van der Waals surface area contributed by atoms with Gasteiger partial charge in [0, 0.05) is 25.6 Å². The van der Waals surface area contributed by atoms with Gasteiger partial charge in [-0.2, -0.15) is 0 Å². The smallest absolute Gasteiger partial charge is 0.234 e. The van der Waals surface area contributed by atoms with Crippen LogP contribution < -0.4 is 5.32 Å². The maximum absolute atomic E-state index is 12.6. The van der Waals surface area contributed by atoms with Crippen molar-refractivity contribution in [3.63, 3.8) is 0 Å².